The van der Waals surface area contributed by atoms with E-state index in [4.69, 9.17) is 9.47 Å². The first-order valence-corrected chi connectivity index (χ1v) is 11.4. The van der Waals surface area contributed by atoms with E-state index in [1.54, 1.807) is 0 Å². The minimum absolute atomic E-state index is 0.568. The lowest BCUT2D eigenvalue weighted by Gasteiger charge is -2.18. The van der Waals surface area contributed by atoms with Crippen molar-refractivity contribution in [2.24, 2.45) is 0 Å². The Morgan fingerprint density at radius 2 is 1.78 bits per heavy atom. The second kappa shape index (κ2) is 10.7. The molecule has 0 aromatic heterocycles. The van der Waals surface area contributed by atoms with Crippen LogP contribution in [-0.2, 0) is 0 Å². The van der Waals surface area contributed by atoms with E-state index in [-0.39, 0.29) is 0 Å². The lowest BCUT2D eigenvalue weighted by molar-refractivity contribution is 0.309. The van der Waals surface area contributed by atoms with Crippen LogP contribution in [0.4, 0.5) is 0 Å². The van der Waals surface area contributed by atoms with Crippen LogP contribution < -0.4 is 9.47 Å². The molecule has 1 aliphatic carbocycles. The largest absolute Gasteiger partial charge is 0.494 e. The summed E-state index contributed by atoms with van der Waals surface area (Å²) in [6.45, 7) is 5.94. The number of benzene rings is 2. The molecule has 2 aromatic carbocycles. The summed E-state index contributed by atoms with van der Waals surface area (Å²) in [5.41, 5.74) is 0. The molecule has 3 heteroatoms. The molecule has 2 aromatic rings. The van der Waals surface area contributed by atoms with Gasteiger partial charge in [0, 0.05) is 20.9 Å². The molecule has 27 heavy (non-hydrogen) atoms. The molecule has 0 radical (unpaired) electrons. The van der Waals surface area contributed by atoms with E-state index in [1.807, 2.05) is 11.8 Å². The highest BCUT2D eigenvalue weighted by Crippen LogP contribution is 2.39. The molecule has 1 unspecified atom stereocenters. The van der Waals surface area contributed by atoms with Crippen molar-refractivity contribution < 1.29 is 9.47 Å². The lowest BCUT2D eigenvalue weighted by atomic mass is 10.1. The maximum atomic E-state index is 6.08. The average Bonchev–Trinajstić information content (AvgIpc) is 2.70. The maximum absolute atomic E-state index is 6.08. The van der Waals surface area contributed by atoms with Gasteiger partial charge < -0.3 is 9.47 Å². The Bertz CT molecular complexity index is 753. The number of thioether (sulfide) groups is 1. The quantitative estimate of drug-likeness (QED) is 0.314. The van der Waals surface area contributed by atoms with Crippen molar-refractivity contribution in [2.75, 3.05) is 13.2 Å². The summed E-state index contributed by atoms with van der Waals surface area (Å²) in [6.07, 6.45) is 12.9. The Balaban J connectivity index is 1.89. The Hall–Kier alpha value is -1.61. The molecule has 3 rings (SSSR count). The number of hydrogen-bond acceptors (Lipinski definition) is 3. The average molecular weight is 385 g/mol. The van der Waals surface area contributed by atoms with E-state index in [0.29, 0.717) is 5.25 Å². The smallest absolute Gasteiger partial charge is 0.127 e. The fourth-order valence-electron chi connectivity index (χ4n) is 3.29. The van der Waals surface area contributed by atoms with Crippen molar-refractivity contribution in [2.45, 2.75) is 68.9 Å². The van der Waals surface area contributed by atoms with Crippen LogP contribution in [0.15, 0.2) is 47.4 Å². The molecular formula is C24H32O2S. The highest BCUT2D eigenvalue weighted by molar-refractivity contribution is 8.00. The molecule has 0 heterocycles. The molecule has 1 atom stereocenters. The third kappa shape index (κ3) is 5.68. The van der Waals surface area contributed by atoms with Gasteiger partial charge in [0.15, 0.2) is 0 Å². The maximum Gasteiger partial charge on any atom is 0.127 e. The molecule has 0 aliphatic heterocycles. The van der Waals surface area contributed by atoms with Gasteiger partial charge in [-0.1, -0.05) is 38.8 Å². The van der Waals surface area contributed by atoms with E-state index in [0.717, 1.165) is 50.4 Å². The molecule has 0 bridgehead atoms. The van der Waals surface area contributed by atoms with Gasteiger partial charge >= 0.3 is 0 Å². The van der Waals surface area contributed by atoms with Crippen molar-refractivity contribution in [1.82, 2.24) is 0 Å². The van der Waals surface area contributed by atoms with Gasteiger partial charge in [0.05, 0.1) is 13.2 Å². The second-order valence-corrected chi connectivity index (χ2v) is 8.47. The van der Waals surface area contributed by atoms with Crippen LogP contribution in [0.5, 0.6) is 11.5 Å². The van der Waals surface area contributed by atoms with Gasteiger partial charge in [-0.05, 0) is 62.4 Å². The molecule has 2 nitrogen and oxygen atoms in total. The van der Waals surface area contributed by atoms with Gasteiger partial charge in [0.25, 0.3) is 0 Å². The molecule has 0 fully saturated rings. The molecular weight excluding hydrogens is 352 g/mol. The summed E-state index contributed by atoms with van der Waals surface area (Å²) >= 11 is 1.97. The van der Waals surface area contributed by atoms with Crippen molar-refractivity contribution in [1.29, 1.82) is 0 Å². The number of ether oxygens (including phenoxy) is 2. The Labute approximate surface area is 168 Å². The topological polar surface area (TPSA) is 18.5 Å². The normalized spacial score (nSPS) is 16.6. The van der Waals surface area contributed by atoms with Gasteiger partial charge in [-0.2, -0.15) is 0 Å². The predicted molar refractivity (Wildman–Crippen MR) is 117 cm³/mol. The standard InChI is InChI=1S/C24H32O2S/c1-3-5-16-25-19-12-13-21-22(18-19)24(27-20-10-8-7-9-11-20)15-14-23(21)26-17-6-4-2/h8,10,12-15,18,20H,3-7,9,11,16-17H2,1-2H3. The number of fused-ring (bicyclic) bond motifs is 1. The molecule has 0 N–H and O–H groups in total. The summed E-state index contributed by atoms with van der Waals surface area (Å²) in [5, 5.41) is 3.01. The van der Waals surface area contributed by atoms with Gasteiger partial charge in [0.2, 0.25) is 0 Å². The van der Waals surface area contributed by atoms with Crippen LogP contribution in [0, 0.1) is 0 Å². The zero-order valence-corrected chi connectivity index (χ0v) is 17.5. The van der Waals surface area contributed by atoms with Gasteiger partial charge in [-0.15, -0.1) is 11.8 Å². The molecule has 1 aliphatic rings. The molecule has 146 valence electrons. The molecule has 0 saturated carbocycles. The van der Waals surface area contributed by atoms with Crippen molar-refractivity contribution in [3.05, 3.63) is 42.5 Å². The fourth-order valence-corrected chi connectivity index (χ4v) is 4.54. The summed E-state index contributed by atoms with van der Waals surface area (Å²) in [5.74, 6) is 1.95. The van der Waals surface area contributed by atoms with E-state index in [9.17, 15) is 0 Å². The Kier molecular flexibility index (Phi) is 7.94. The van der Waals surface area contributed by atoms with Crippen LogP contribution in [0.3, 0.4) is 0 Å². The first-order valence-electron chi connectivity index (χ1n) is 10.5. The lowest BCUT2D eigenvalue weighted by Crippen LogP contribution is -2.03. The molecule has 0 spiro atoms. The van der Waals surface area contributed by atoms with E-state index in [2.05, 4.69) is 56.3 Å². The van der Waals surface area contributed by atoms with E-state index in [1.165, 1.54) is 34.9 Å². The Morgan fingerprint density at radius 1 is 0.963 bits per heavy atom. The van der Waals surface area contributed by atoms with Crippen LogP contribution in [-0.4, -0.2) is 18.5 Å². The number of hydrogen-bond donors (Lipinski definition) is 0. The fraction of sp³-hybridized carbons (Fsp3) is 0.500. The number of unbranched alkanes of at least 4 members (excludes halogenated alkanes) is 2. The zero-order chi connectivity index (χ0) is 18.9. The highest BCUT2D eigenvalue weighted by Gasteiger charge is 2.14. The number of allylic oxidation sites excluding steroid dienone is 1. The minimum Gasteiger partial charge on any atom is -0.494 e. The van der Waals surface area contributed by atoms with Crippen LogP contribution in [0.25, 0.3) is 10.8 Å². The summed E-state index contributed by atoms with van der Waals surface area (Å²) in [7, 11) is 0. The summed E-state index contributed by atoms with van der Waals surface area (Å²) in [6, 6.07) is 10.8. The van der Waals surface area contributed by atoms with Gasteiger partial charge in [0.1, 0.15) is 11.5 Å². The van der Waals surface area contributed by atoms with Crippen molar-refractivity contribution in [3.63, 3.8) is 0 Å². The highest BCUT2D eigenvalue weighted by atomic mass is 32.2. The molecule has 0 saturated heterocycles. The Morgan fingerprint density at radius 3 is 2.52 bits per heavy atom. The van der Waals surface area contributed by atoms with Gasteiger partial charge in [-0.3, -0.25) is 0 Å². The summed E-state index contributed by atoms with van der Waals surface area (Å²) in [4.78, 5) is 1.32. The SMILES string of the molecule is CCCCOc1ccc2c(OCCCC)ccc(SC3C=CCCC3)c2c1. The monoisotopic (exact) mass is 384 g/mol. The van der Waals surface area contributed by atoms with Crippen LogP contribution in [0.1, 0.15) is 58.8 Å². The van der Waals surface area contributed by atoms with E-state index < -0.39 is 0 Å². The zero-order valence-electron chi connectivity index (χ0n) is 16.7. The van der Waals surface area contributed by atoms with Crippen LogP contribution >= 0.6 is 11.8 Å². The third-order valence-electron chi connectivity index (χ3n) is 4.92. The van der Waals surface area contributed by atoms with Crippen molar-refractivity contribution >= 4 is 22.5 Å². The first-order chi connectivity index (χ1) is 13.3. The van der Waals surface area contributed by atoms with Gasteiger partial charge in [-0.25, -0.2) is 0 Å². The van der Waals surface area contributed by atoms with Crippen LogP contribution in [0.2, 0.25) is 0 Å². The number of rotatable bonds is 10. The second-order valence-electron chi connectivity index (χ2n) is 7.19. The predicted octanol–water partition coefficient (Wildman–Crippen LogP) is 7.40. The van der Waals surface area contributed by atoms with Crippen molar-refractivity contribution in [3.8, 4) is 11.5 Å². The molecule has 0 amide bonds. The third-order valence-corrected chi connectivity index (χ3v) is 6.22. The summed E-state index contributed by atoms with van der Waals surface area (Å²) < 4.78 is 12.1. The van der Waals surface area contributed by atoms with E-state index >= 15 is 0 Å². The first kappa shape index (κ1) is 20.1. The minimum atomic E-state index is 0.568.